The van der Waals surface area contributed by atoms with Gasteiger partial charge in [-0.05, 0) is 36.8 Å². The molecule has 1 unspecified atom stereocenters. The summed E-state index contributed by atoms with van der Waals surface area (Å²) in [5.41, 5.74) is 2.77. The van der Waals surface area contributed by atoms with Gasteiger partial charge in [0, 0.05) is 17.3 Å². The van der Waals surface area contributed by atoms with Crippen LogP contribution in [0.3, 0.4) is 0 Å². The fourth-order valence-electron chi connectivity index (χ4n) is 3.52. The SMILES string of the molecule is CC(C)N1C(=O)c2ccccc2NC1c1cccc2ccccc12. The molecule has 3 heteroatoms. The van der Waals surface area contributed by atoms with Crippen LogP contribution in [0.15, 0.2) is 66.7 Å². The molecule has 3 nitrogen and oxygen atoms in total. The van der Waals surface area contributed by atoms with Gasteiger partial charge >= 0.3 is 0 Å². The number of para-hydroxylation sites is 1. The molecule has 1 heterocycles. The van der Waals surface area contributed by atoms with Crippen LogP contribution in [0.2, 0.25) is 0 Å². The monoisotopic (exact) mass is 316 g/mol. The maximum Gasteiger partial charge on any atom is 0.258 e. The Bertz CT molecular complexity index is 911. The number of carbonyl (C=O) groups is 1. The van der Waals surface area contributed by atoms with Gasteiger partial charge in [-0.15, -0.1) is 0 Å². The second-order valence-corrected chi connectivity index (χ2v) is 6.47. The first-order chi connectivity index (χ1) is 11.7. The number of anilines is 1. The van der Waals surface area contributed by atoms with Crippen LogP contribution in [-0.2, 0) is 0 Å². The van der Waals surface area contributed by atoms with Crippen LogP contribution in [0.4, 0.5) is 5.69 Å². The molecule has 1 N–H and O–H groups in total. The highest BCUT2D eigenvalue weighted by Gasteiger charge is 2.34. The van der Waals surface area contributed by atoms with Gasteiger partial charge in [-0.3, -0.25) is 4.79 Å². The molecule has 1 aliphatic heterocycles. The summed E-state index contributed by atoms with van der Waals surface area (Å²) < 4.78 is 0. The molecular weight excluding hydrogens is 296 g/mol. The Labute approximate surface area is 141 Å². The van der Waals surface area contributed by atoms with E-state index in [1.54, 1.807) is 0 Å². The molecule has 1 amide bonds. The zero-order chi connectivity index (χ0) is 16.7. The van der Waals surface area contributed by atoms with Crippen LogP contribution in [0.1, 0.15) is 35.9 Å². The predicted molar refractivity (Wildman–Crippen MR) is 98.1 cm³/mol. The number of rotatable bonds is 2. The van der Waals surface area contributed by atoms with Crippen molar-refractivity contribution in [3.8, 4) is 0 Å². The van der Waals surface area contributed by atoms with E-state index < -0.39 is 0 Å². The van der Waals surface area contributed by atoms with Gasteiger partial charge < -0.3 is 10.2 Å². The summed E-state index contributed by atoms with van der Waals surface area (Å²) in [6.45, 7) is 4.12. The van der Waals surface area contributed by atoms with E-state index in [0.29, 0.717) is 0 Å². The van der Waals surface area contributed by atoms with Crippen LogP contribution in [0.25, 0.3) is 10.8 Å². The zero-order valence-corrected chi connectivity index (χ0v) is 13.9. The number of hydrogen-bond acceptors (Lipinski definition) is 2. The molecule has 3 aromatic carbocycles. The van der Waals surface area contributed by atoms with Crippen LogP contribution in [-0.4, -0.2) is 16.8 Å². The number of nitrogens with zero attached hydrogens (tertiary/aromatic N) is 1. The molecule has 4 rings (SSSR count). The van der Waals surface area contributed by atoms with Gasteiger partial charge in [0.15, 0.2) is 0 Å². The van der Waals surface area contributed by atoms with Gasteiger partial charge in [0.2, 0.25) is 0 Å². The van der Waals surface area contributed by atoms with Gasteiger partial charge in [-0.1, -0.05) is 54.6 Å². The van der Waals surface area contributed by atoms with Gasteiger partial charge in [-0.2, -0.15) is 0 Å². The second kappa shape index (κ2) is 5.68. The van der Waals surface area contributed by atoms with E-state index in [9.17, 15) is 4.79 Å². The zero-order valence-electron chi connectivity index (χ0n) is 13.9. The van der Waals surface area contributed by atoms with Crippen LogP contribution < -0.4 is 5.32 Å². The summed E-state index contributed by atoms with van der Waals surface area (Å²) in [4.78, 5) is 15.0. The molecule has 0 aliphatic carbocycles. The first-order valence-corrected chi connectivity index (χ1v) is 8.32. The fourth-order valence-corrected chi connectivity index (χ4v) is 3.52. The third-order valence-corrected chi connectivity index (χ3v) is 4.64. The summed E-state index contributed by atoms with van der Waals surface area (Å²) in [6.07, 6.45) is -0.168. The number of carbonyl (C=O) groups excluding carboxylic acids is 1. The van der Waals surface area contributed by atoms with E-state index in [1.165, 1.54) is 10.8 Å². The Morgan fingerprint density at radius 2 is 1.62 bits per heavy atom. The Morgan fingerprint density at radius 1 is 0.917 bits per heavy atom. The van der Waals surface area contributed by atoms with Gasteiger partial charge in [0.1, 0.15) is 6.17 Å². The molecule has 3 aromatic rings. The number of nitrogens with one attached hydrogen (secondary N) is 1. The molecule has 0 fully saturated rings. The molecule has 0 aromatic heterocycles. The Hall–Kier alpha value is -2.81. The number of fused-ring (bicyclic) bond motifs is 2. The number of hydrogen-bond donors (Lipinski definition) is 1. The van der Waals surface area contributed by atoms with Crippen molar-refractivity contribution in [2.24, 2.45) is 0 Å². The average Bonchev–Trinajstić information content (AvgIpc) is 2.61. The maximum absolute atomic E-state index is 13.1. The maximum atomic E-state index is 13.1. The lowest BCUT2D eigenvalue weighted by molar-refractivity contribution is 0.0618. The third-order valence-electron chi connectivity index (χ3n) is 4.64. The molecule has 120 valence electrons. The van der Waals surface area contributed by atoms with E-state index in [-0.39, 0.29) is 18.1 Å². The first kappa shape index (κ1) is 14.8. The van der Waals surface area contributed by atoms with Crippen molar-refractivity contribution >= 4 is 22.4 Å². The summed E-state index contributed by atoms with van der Waals surface area (Å²) >= 11 is 0. The quantitative estimate of drug-likeness (QED) is 0.735. The summed E-state index contributed by atoms with van der Waals surface area (Å²) in [5.74, 6) is 0.0808. The van der Waals surface area contributed by atoms with E-state index in [4.69, 9.17) is 0 Å². The largest absolute Gasteiger partial charge is 0.361 e. The van der Waals surface area contributed by atoms with E-state index in [0.717, 1.165) is 16.8 Å². The van der Waals surface area contributed by atoms with Crippen molar-refractivity contribution in [3.05, 3.63) is 77.9 Å². The van der Waals surface area contributed by atoms with Gasteiger partial charge in [0.05, 0.1) is 5.56 Å². The van der Waals surface area contributed by atoms with Crippen LogP contribution in [0, 0.1) is 0 Å². The van der Waals surface area contributed by atoms with E-state index >= 15 is 0 Å². The second-order valence-electron chi connectivity index (χ2n) is 6.47. The Kier molecular flexibility index (Phi) is 3.49. The molecule has 1 atom stereocenters. The highest BCUT2D eigenvalue weighted by molar-refractivity contribution is 6.02. The van der Waals surface area contributed by atoms with Crippen molar-refractivity contribution in [2.75, 3.05) is 5.32 Å². The predicted octanol–water partition coefficient (Wildman–Crippen LogP) is 4.81. The van der Waals surface area contributed by atoms with Crippen molar-refractivity contribution in [1.82, 2.24) is 4.90 Å². The van der Waals surface area contributed by atoms with Crippen molar-refractivity contribution in [1.29, 1.82) is 0 Å². The molecule has 24 heavy (non-hydrogen) atoms. The topological polar surface area (TPSA) is 32.3 Å². The standard InChI is InChI=1S/C21H20N2O/c1-14(2)23-20(22-19-13-6-5-11-18(19)21(23)24)17-12-7-9-15-8-3-4-10-16(15)17/h3-14,20,22H,1-2H3. The molecule has 1 aliphatic rings. The Morgan fingerprint density at radius 3 is 2.46 bits per heavy atom. The molecule has 0 saturated heterocycles. The minimum absolute atomic E-state index is 0.0808. The van der Waals surface area contributed by atoms with Crippen LogP contribution >= 0.6 is 0 Å². The van der Waals surface area contributed by atoms with Crippen molar-refractivity contribution in [2.45, 2.75) is 26.1 Å². The highest BCUT2D eigenvalue weighted by atomic mass is 16.2. The van der Waals surface area contributed by atoms with E-state index in [1.807, 2.05) is 41.3 Å². The summed E-state index contributed by atoms with van der Waals surface area (Å²) in [5, 5.41) is 5.94. The first-order valence-electron chi connectivity index (χ1n) is 8.32. The third kappa shape index (κ3) is 2.24. The molecular formula is C21H20N2O. The minimum Gasteiger partial charge on any atom is -0.361 e. The van der Waals surface area contributed by atoms with E-state index in [2.05, 4.69) is 49.5 Å². The lowest BCUT2D eigenvalue weighted by Gasteiger charge is -2.41. The molecule has 0 spiro atoms. The lowest BCUT2D eigenvalue weighted by atomic mass is 9.97. The summed E-state index contributed by atoms with van der Waals surface area (Å²) in [7, 11) is 0. The van der Waals surface area contributed by atoms with Gasteiger partial charge in [-0.25, -0.2) is 0 Å². The summed E-state index contributed by atoms with van der Waals surface area (Å²) in [6, 6.07) is 22.4. The van der Waals surface area contributed by atoms with Crippen molar-refractivity contribution in [3.63, 3.8) is 0 Å². The normalized spacial score (nSPS) is 17.0. The molecule has 0 radical (unpaired) electrons. The number of benzene rings is 3. The smallest absolute Gasteiger partial charge is 0.258 e. The fraction of sp³-hybridized carbons (Fsp3) is 0.190. The average molecular weight is 316 g/mol. The Balaban J connectivity index is 1.91. The highest BCUT2D eigenvalue weighted by Crippen LogP contribution is 2.36. The van der Waals surface area contributed by atoms with Crippen molar-refractivity contribution < 1.29 is 4.79 Å². The van der Waals surface area contributed by atoms with Crippen LogP contribution in [0.5, 0.6) is 0 Å². The minimum atomic E-state index is -0.168. The lowest BCUT2D eigenvalue weighted by Crippen LogP contribution is -2.46. The molecule has 0 saturated carbocycles. The number of amides is 1. The molecule has 0 bridgehead atoms. The van der Waals surface area contributed by atoms with Gasteiger partial charge in [0.25, 0.3) is 5.91 Å².